The first-order valence-electron chi connectivity index (χ1n) is 5.75. The number of nitrogens with zero attached hydrogens (tertiary/aromatic N) is 1. The van der Waals surface area contributed by atoms with Gasteiger partial charge in [0.2, 0.25) is 0 Å². The van der Waals surface area contributed by atoms with Crippen molar-refractivity contribution >= 4 is 5.69 Å². The molecule has 0 radical (unpaired) electrons. The number of halogens is 3. The Kier molecular flexibility index (Phi) is 3.57. The molecule has 1 heterocycles. The molecule has 2 rings (SSSR count). The fourth-order valence-electron chi connectivity index (χ4n) is 2.19. The minimum absolute atomic E-state index is 0.143. The summed E-state index contributed by atoms with van der Waals surface area (Å²) in [6.07, 6.45) is 0.881. The van der Waals surface area contributed by atoms with Gasteiger partial charge in [0.05, 0.1) is 5.69 Å². The number of benzene rings is 1. The van der Waals surface area contributed by atoms with Gasteiger partial charge in [-0.25, -0.2) is 13.2 Å². The van der Waals surface area contributed by atoms with Gasteiger partial charge in [0, 0.05) is 19.1 Å². The topological polar surface area (TPSA) is 15.3 Å². The van der Waals surface area contributed by atoms with E-state index in [-0.39, 0.29) is 11.7 Å². The quantitative estimate of drug-likeness (QED) is 0.821. The Balaban J connectivity index is 2.16. The van der Waals surface area contributed by atoms with Gasteiger partial charge in [0.25, 0.3) is 0 Å². The van der Waals surface area contributed by atoms with Gasteiger partial charge in [-0.05, 0) is 25.1 Å². The van der Waals surface area contributed by atoms with Crippen molar-refractivity contribution in [1.82, 2.24) is 5.32 Å². The largest absolute Gasteiger partial charge is 0.367 e. The summed E-state index contributed by atoms with van der Waals surface area (Å²) in [5.41, 5.74) is 0.143. The fourth-order valence-corrected chi connectivity index (χ4v) is 2.19. The van der Waals surface area contributed by atoms with Gasteiger partial charge in [-0.3, -0.25) is 0 Å². The van der Waals surface area contributed by atoms with Crippen LogP contribution >= 0.6 is 0 Å². The lowest BCUT2D eigenvalue weighted by Gasteiger charge is -2.19. The molecule has 94 valence electrons. The van der Waals surface area contributed by atoms with Crippen LogP contribution in [0.25, 0.3) is 0 Å². The summed E-state index contributed by atoms with van der Waals surface area (Å²) in [6.45, 7) is 4.12. The number of hydrogen-bond donors (Lipinski definition) is 1. The zero-order valence-corrected chi connectivity index (χ0v) is 9.64. The number of likely N-dealkylation sites (N-methyl/N-ethyl adjacent to an activating group) is 1. The Labute approximate surface area is 98.4 Å². The molecule has 0 spiro atoms. The van der Waals surface area contributed by atoms with Crippen molar-refractivity contribution in [2.45, 2.75) is 19.4 Å². The fraction of sp³-hybridized carbons (Fsp3) is 0.500. The summed E-state index contributed by atoms with van der Waals surface area (Å²) in [5, 5.41) is 3.26. The second kappa shape index (κ2) is 4.96. The molecule has 1 aromatic carbocycles. The minimum Gasteiger partial charge on any atom is -0.367 e. The van der Waals surface area contributed by atoms with Crippen molar-refractivity contribution in [3.63, 3.8) is 0 Å². The average molecular weight is 244 g/mol. The average Bonchev–Trinajstić information content (AvgIpc) is 2.75. The Morgan fingerprint density at radius 1 is 1.29 bits per heavy atom. The molecule has 1 aromatic rings. The van der Waals surface area contributed by atoms with Gasteiger partial charge >= 0.3 is 0 Å². The van der Waals surface area contributed by atoms with Crippen LogP contribution in [0.4, 0.5) is 18.9 Å². The Hall–Kier alpha value is -1.23. The van der Waals surface area contributed by atoms with E-state index >= 15 is 0 Å². The normalized spacial score (nSPS) is 20.0. The van der Waals surface area contributed by atoms with Crippen molar-refractivity contribution in [1.29, 1.82) is 0 Å². The predicted molar refractivity (Wildman–Crippen MR) is 60.6 cm³/mol. The van der Waals surface area contributed by atoms with Gasteiger partial charge in [-0.2, -0.15) is 0 Å². The van der Waals surface area contributed by atoms with E-state index in [1.54, 1.807) is 4.90 Å². The van der Waals surface area contributed by atoms with Crippen LogP contribution in [0.2, 0.25) is 0 Å². The Morgan fingerprint density at radius 3 is 2.76 bits per heavy atom. The summed E-state index contributed by atoms with van der Waals surface area (Å²) < 4.78 is 39.4. The highest BCUT2D eigenvalue weighted by Gasteiger charge is 2.25. The lowest BCUT2D eigenvalue weighted by atomic mass is 10.2. The Bertz CT molecular complexity index is 409. The van der Waals surface area contributed by atoms with Crippen LogP contribution in [0.15, 0.2) is 12.1 Å². The van der Waals surface area contributed by atoms with E-state index in [0.29, 0.717) is 13.1 Å². The van der Waals surface area contributed by atoms with E-state index in [0.717, 1.165) is 19.0 Å². The molecule has 0 aromatic heterocycles. The number of anilines is 1. The molecule has 1 aliphatic heterocycles. The van der Waals surface area contributed by atoms with E-state index in [2.05, 4.69) is 5.32 Å². The maximum absolute atomic E-state index is 13.6. The molecule has 0 bridgehead atoms. The molecule has 1 atom stereocenters. The summed E-state index contributed by atoms with van der Waals surface area (Å²) >= 11 is 0. The van der Waals surface area contributed by atoms with E-state index < -0.39 is 17.5 Å². The molecule has 1 unspecified atom stereocenters. The van der Waals surface area contributed by atoms with Crippen LogP contribution in [0.3, 0.4) is 0 Å². The molecule has 0 aliphatic carbocycles. The van der Waals surface area contributed by atoms with Gasteiger partial charge in [0.1, 0.15) is 0 Å². The van der Waals surface area contributed by atoms with Crippen LogP contribution in [0.1, 0.15) is 13.3 Å². The third kappa shape index (κ3) is 2.39. The van der Waals surface area contributed by atoms with E-state index in [1.807, 2.05) is 6.92 Å². The highest BCUT2D eigenvalue weighted by atomic mass is 19.2. The zero-order valence-electron chi connectivity index (χ0n) is 9.64. The molecule has 1 saturated heterocycles. The van der Waals surface area contributed by atoms with Gasteiger partial charge in [0.15, 0.2) is 17.5 Å². The number of hydrogen-bond acceptors (Lipinski definition) is 2. The van der Waals surface area contributed by atoms with Crippen LogP contribution in [0, 0.1) is 17.5 Å². The Morgan fingerprint density at radius 2 is 2.06 bits per heavy atom. The zero-order chi connectivity index (χ0) is 12.4. The monoisotopic (exact) mass is 244 g/mol. The second-order valence-electron chi connectivity index (χ2n) is 4.18. The molecule has 1 N–H and O–H groups in total. The van der Waals surface area contributed by atoms with E-state index in [1.165, 1.54) is 6.07 Å². The van der Waals surface area contributed by atoms with Crippen molar-refractivity contribution in [3.05, 3.63) is 29.6 Å². The molecule has 0 amide bonds. The molecular weight excluding hydrogens is 229 g/mol. The summed E-state index contributed by atoms with van der Waals surface area (Å²) in [7, 11) is 0. The highest BCUT2D eigenvalue weighted by molar-refractivity contribution is 5.49. The summed E-state index contributed by atoms with van der Waals surface area (Å²) in [5.74, 6) is -3.63. The van der Waals surface area contributed by atoms with Crippen molar-refractivity contribution in [2.24, 2.45) is 0 Å². The van der Waals surface area contributed by atoms with Crippen molar-refractivity contribution < 1.29 is 13.2 Å². The third-order valence-electron chi connectivity index (χ3n) is 3.04. The molecular formula is C12H15F3N2. The van der Waals surface area contributed by atoms with E-state index in [4.69, 9.17) is 0 Å². The predicted octanol–water partition coefficient (Wildman–Crippen LogP) is 2.29. The van der Waals surface area contributed by atoms with Crippen molar-refractivity contribution in [3.8, 4) is 0 Å². The standard InChI is InChI=1S/C12H15F3N2/c1-2-16-8-5-6-17(7-8)10-4-3-9(13)11(14)12(10)15/h3-4,8,16H,2,5-7H2,1H3. The van der Waals surface area contributed by atoms with Crippen LogP contribution in [0.5, 0.6) is 0 Å². The van der Waals surface area contributed by atoms with Crippen LogP contribution < -0.4 is 10.2 Å². The third-order valence-corrected chi connectivity index (χ3v) is 3.04. The number of rotatable bonds is 3. The first kappa shape index (κ1) is 12.2. The first-order chi connectivity index (χ1) is 8.13. The minimum atomic E-state index is -1.39. The number of nitrogens with one attached hydrogen (secondary N) is 1. The summed E-state index contributed by atoms with van der Waals surface area (Å²) in [4.78, 5) is 1.74. The molecule has 0 saturated carbocycles. The van der Waals surface area contributed by atoms with Gasteiger partial charge in [-0.15, -0.1) is 0 Å². The highest BCUT2D eigenvalue weighted by Crippen LogP contribution is 2.26. The van der Waals surface area contributed by atoms with Crippen LogP contribution in [-0.2, 0) is 0 Å². The molecule has 2 nitrogen and oxygen atoms in total. The lowest BCUT2D eigenvalue weighted by molar-refractivity contribution is 0.447. The second-order valence-corrected chi connectivity index (χ2v) is 4.18. The van der Waals surface area contributed by atoms with Gasteiger partial charge in [-0.1, -0.05) is 6.92 Å². The lowest BCUT2D eigenvalue weighted by Crippen LogP contribution is -2.32. The molecule has 5 heteroatoms. The molecule has 17 heavy (non-hydrogen) atoms. The maximum atomic E-state index is 13.6. The van der Waals surface area contributed by atoms with Gasteiger partial charge < -0.3 is 10.2 Å². The first-order valence-corrected chi connectivity index (χ1v) is 5.75. The summed E-state index contributed by atoms with van der Waals surface area (Å²) in [6, 6.07) is 2.55. The SMILES string of the molecule is CCNC1CCN(c2ccc(F)c(F)c2F)C1. The van der Waals surface area contributed by atoms with E-state index in [9.17, 15) is 13.2 Å². The van der Waals surface area contributed by atoms with Crippen molar-refractivity contribution in [2.75, 3.05) is 24.5 Å². The molecule has 1 aliphatic rings. The maximum Gasteiger partial charge on any atom is 0.196 e. The molecule has 1 fully saturated rings. The smallest absolute Gasteiger partial charge is 0.196 e. The van der Waals surface area contributed by atoms with Crippen LogP contribution in [-0.4, -0.2) is 25.7 Å².